The highest BCUT2D eigenvalue weighted by molar-refractivity contribution is 6.20. The van der Waals surface area contributed by atoms with Crippen LogP contribution in [-0.2, 0) is 0 Å². The normalized spacial score (nSPS) is 13.2. The molecule has 1 aliphatic carbocycles. The maximum Gasteiger partial charge on any atom is 0.140 e. The average Bonchev–Trinajstić information content (AvgIpc) is 3.63. The lowest BCUT2D eigenvalue weighted by Crippen LogP contribution is -2.16. The van der Waals surface area contributed by atoms with Crippen molar-refractivity contribution < 1.29 is 0 Å². The molecule has 0 amide bonds. The summed E-state index contributed by atoms with van der Waals surface area (Å²) in [6.07, 6.45) is 10.7. The fraction of sp³-hybridized carbons (Fsp3) is 0.0513. The number of para-hydroxylation sites is 3. The molecule has 0 spiro atoms. The number of aromatic nitrogens is 5. The van der Waals surface area contributed by atoms with Crippen LogP contribution in [0.2, 0.25) is 0 Å². The van der Waals surface area contributed by atoms with Gasteiger partial charge in [0, 0.05) is 40.0 Å². The van der Waals surface area contributed by atoms with Gasteiger partial charge in [-0.1, -0.05) is 66.7 Å². The van der Waals surface area contributed by atoms with E-state index in [-0.39, 0.29) is 0 Å². The number of pyridine rings is 1. The highest BCUT2D eigenvalue weighted by Crippen LogP contribution is 2.40. The minimum absolute atomic E-state index is 0.786. The predicted molar refractivity (Wildman–Crippen MR) is 184 cm³/mol. The molecule has 4 aromatic carbocycles. The van der Waals surface area contributed by atoms with E-state index in [1.165, 1.54) is 5.70 Å². The molecule has 0 fully saturated rings. The molecule has 8 aromatic rings. The lowest BCUT2D eigenvalue weighted by atomic mass is 10.1. The molecule has 1 aliphatic rings. The van der Waals surface area contributed by atoms with E-state index in [1.807, 2.05) is 18.3 Å². The van der Waals surface area contributed by atoms with Gasteiger partial charge in [-0.2, -0.15) is 0 Å². The maximum absolute atomic E-state index is 4.84. The Balaban J connectivity index is 1.32. The molecule has 4 heterocycles. The van der Waals surface area contributed by atoms with Crippen molar-refractivity contribution in [2.75, 3.05) is 4.90 Å². The van der Waals surface area contributed by atoms with Gasteiger partial charge in [-0.15, -0.1) is 10.2 Å². The van der Waals surface area contributed by atoms with Crippen molar-refractivity contribution in [1.82, 2.24) is 24.3 Å². The van der Waals surface area contributed by atoms with Gasteiger partial charge in [0.15, 0.2) is 0 Å². The van der Waals surface area contributed by atoms with Crippen molar-refractivity contribution in [3.63, 3.8) is 0 Å². The Kier molecular flexibility index (Phi) is 5.84. The van der Waals surface area contributed by atoms with Crippen molar-refractivity contribution in [3.05, 3.63) is 151 Å². The van der Waals surface area contributed by atoms with Crippen LogP contribution in [0.15, 0.2) is 151 Å². The van der Waals surface area contributed by atoms with Crippen LogP contribution >= 0.6 is 0 Å². The maximum atomic E-state index is 4.84. The van der Waals surface area contributed by atoms with Gasteiger partial charge in [-0.3, -0.25) is 4.98 Å². The number of nitrogens with zero attached hydrogens (tertiary/aromatic N) is 6. The molecule has 0 bridgehead atoms. The molecule has 0 saturated carbocycles. The van der Waals surface area contributed by atoms with Gasteiger partial charge >= 0.3 is 0 Å². The molecule has 0 atom stereocenters. The van der Waals surface area contributed by atoms with Crippen molar-refractivity contribution >= 4 is 55.4 Å². The van der Waals surface area contributed by atoms with Crippen LogP contribution in [0, 0.1) is 0 Å². The summed E-state index contributed by atoms with van der Waals surface area (Å²) in [6, 6.07) is 42.4. The molecule has 0 N–H and O–H groups in total. The second-order valence-electron chi connectivity index (χ2n) is 11.3. The van der Waals surface area contributed by atoms with Crippen molar-refractivity contribution in [1.29, 1.82) is 0 Å². The minimum atomic E-state index is 0.786. The third kappa shape index (κ3) is 3.99. The van der Waals surface area contributed by atoms with E-state index in [9.17, 15) is 0 Å². The fourth-order valence-electron chi connectivity index (χ4n) is 6.71. The number of hydrogen-bond donors (Lipinski definition) is 0. The summed E-state index contributed by atoms with van der Waals surface area (Å²) >= 11 is 0. The van der Waals surface area contributed by atoms with Gasteiger partial charge in [0.05, 0.1) is 11.0 Å². The lowest BCUT2D eigenvalue weighted by Gasteiger charge is -2.27. The molecule has 0 unspecified atom stereocenters. The number of rotatable bonds is 5. The highest BCUT2D eigenvalue weighted by Gasteiger charge is 2.24. The highest BCUT2D eigenvalue weighted by atomic mass is 15.2. The molecule has 0 saturated heterocycles. The van der Waals surface area contributed by atoms with Crippen LogP contribution in [0.3, 0.4) is 0 Å². The second-order valence-corrected chi connectivity index (χ2v) is 11.3. The summed E-state index contributed by atoms with van der Waals surface area (Å²) in [5.41, 5.74) is 12.1. The van der Waals surface area contributed by atoms with Gasteiger partial charge in [0.25, 0.3) is 0 Å². The fourth-order valence-corrected chi connectivity index (χ4v) is 6.71. The number of benzene rings is 4. The molecule has 0 aliphatic heterocycles. The monoisotopic (exact) mass is 580 g/mol. The van der Waals surface area contributed by atoms with Crippen LogP contribution in [0.25, 0.3) is 55.4 Å². The van der Waals surface area contributed by atoms with Crippen LogP contribution in [0.5, 0.6) is 0 Å². The molecular weight excluding hydrogens is 552 g/mol. The van der Waals surface area contributed by atoms with Crippen molar-refractivity contribution in [3.8, 4) is 11.4 Å². The van der Waals surface area contributed by atoms with Gasteiger partial charge in [0.1, 0.15) is 27.6 Å². The number of fused-ring (bicyclic) bond motifs is 7. The standard InChI is InChI=1S/C39H28N6/c1-4-13-27(14-5-1)43(28-15-6-2-7-16-28)30-22-24-31(25-23-30)44-33-20-11-10-19-32(33)35-38(44)39-37(42-41-35)36-34(21-12-26-40-36)45(39)29-17-8-3-9-18-29/h1,3-6,8-26H,2,7H2. The Morgan fingerprint density at radius 2 is 1.18 bits per heavy atom. The molecule has 4 aromatic heterocycles. The SMILES string of the molecule is C1=CC(N(c2ccccc2)c2ccc(-n3c4ccccc4c4nnc5c6ncccc6n(-c6ccccc6)c5c43)cc2)=CCC1. The third-order valence-corrected chi connectivity index (χ3v) is 8.65. The Morgan fingerprint density at radius 1 is 0.533 bits per heavy atom. The topological polar surface area (TPSA) is 51.8 Å². The van der Waals surface area contributed by atoms with Crippen molar-refractivity contribution in [2.45, 2.75) is 12.8 Å². The van der Waals surface area contributed by atoms with Gasteiger partial charge in [0.2, 0.25) is 0 Å². The van der Waals surface area contributed by atoms with Gasteiger partial charge in [-0.05, 0) is 85.6 Å². The molecule has 45 heavy (non-hydrogen) atoms. The Labute approximate surface area is 259 Å². The average molecular weight is 581 g/mol. The van der Waals surface area contributed by atoms with Crippen LogP contribution < -0.4 is 4.90 Å². The number of anilines is 2. The summed E-state index contributed by atoms with van der Waals surface area (Å²) in [4.78, 5) is 7.10. The van der Waals surface area contributed by atoms with E-state index in [4.69, 9.17) is 15.2 Å². The van der Waals surface area contributed by atoms with E-state index in [0.29, 0.717) is 0 Å². The Hall–Kier alpha value is -6.01. The first-order valence-corrected chi connectivity index (χ1v) is 15.3. The second kappa shape index (κ2) is 10.3. The molecule has 0 radical (unpaired) electrons. The van der Waals surface area contributed by atoms with E-state index in [1.54, 1.807) is 0 Å². The summed E-state index contributed by atoms with van der Waals surface area (Å²) in [5.74, 6) is 0. The van der Waals surface area contributed by atoms with Crippen LogP contribution in [0.1, 0.15) is 12.8 Å². The summed E-state index contributed by atoms with van der Waals surface area (Å²) in [5, 5.41) is 10.7. The predicted octanol–water partition coefficient (Wildman–Crippen LogP) is 9.44. The molecule has 6 nitrogen and oxygen atoms in total. The Morgan fingerprint density at radius 3 is 1.98 bits per heavy atom. The zero-order chi connectivity index (χ0) is 29.7. The van der Waals surface area contributed by atoms with E-state index >= 15 is 0 Å². The molecule has 6 heteroatoms. The number of hydrogen-bond acceptors (Lipinski definition) is 4. The third-order valence-electron chi connectivity index (χ3n) is 8.65. The molecule has 214 valence electrons. The number of allylic oxidation sites excluding steroid dienone is 3. The molecular formula is C39H28N6. The van der Waals surface area contributed by atoms with Gasteiger partial charge < -0.3 is 14.0 Å². The van der Waals surface area contributed by atoms with Crippen LogP contribution in [-0.4, -0.2) is 24.3 Å². The van der Waals surface area contributed by atoms with Crippen molar-refractivity contribution in [2.24, 2.45) is 0 Å². The van der Waals surface area contributed by atoms with Crippen LogP contribution in [0.4, 0.5) is 11.4 Å². The first kappa shape index (κ1) is 25.5. The minimum Gasteiger partial charge on any atom is -0.311 e. The summed E-state index contributed by atoms with van der Waals surface area (Å²) in [7, 11) is 0. The van der Waals surface area contributed by atoms with E-state index < -0.39 is 0 Å². The van der Waals surface area contributed by atoms with E-state index in [2.05, 4.69) is 141 Å². The zero-order valence-corrected chi connectivity index (χ0v) is 24.5. The summed E-state index contributed by atoms with van der Waals surface area (Å²) < 4.78 is 4.61. The smallest absolute Gasteiger partial charge is 0.140 e. The van der Waals surface area contributed by atoms with E-state index in [0.717, 1.165) is 79.6 Å². The first-order valence-electron chi connectivity index (χ1n) is 15.3. The quantitative estimate of drug-likeness (QED) is 0.203. The first-order chi connectivity index (χ1) is 22.4. The largest absolute Gasteiger partial charge is 0.311 e. The zero-order valence-electron chi connectivity index (χ0n) is 24.5. The Bertz CT molecular complexity index is 2420. The summed E-state index contributed by atoms with van der Waals surface area (Å²) in [6.45, 7) is 0. The molecule has 9 rings (SSSR count). The van der Waals surface area contributed by atoms with Gasteiger partial charge in [-0.25, -0.2) is 0 Å². The lowest BCUT2D eigenvalue weighted by molar-refractivity contribution is 0.997.